The van der Waals surface area contributed by atoms with Gasteiger partial charge in [-0.1, -0.05) is 22.0 Å². The number of pyridine rings is 1. The molecule has 32 heavy (non-hydrogen) atoms. The molecule has 2 aliphatic rings. The first-order valence-corrected chi connectivity index (χ1v) is 11.4. The lowest BCUT2D eigenvalue weighted by Gasteiger charge is -2.20. The Bertz CT molecular complexity index is 1370. The second-order valence-electron chi connectivity index (χ2n) is 7.31. The van der Waals surface area contributed by atoms with Crippen molar-refractivity contribution in [1.29, 1.82) is 5.41 Å². The van der Waals surface area contributed by atoms with Gasteiger partial charge in [0.15, 0.2) is 5.84 Å². The molecule has 4 heterocycles. The smallest absolute Gasteiger partial charge is 0.283 e. The van der Waals surface area contributed by atoms with Gasteiger partial charge in [0.05, 0.1) is 5.57 Å². The van der Waals surface area contributed by atoms with Crippen molar-refractivity contribution in [3.8, 4) is 5.69 Å². The lowest BCUT2D eigenvalue weighted by Crippen LogP contribution is -2.35. The Morgan fingerprint density at radius 2 is 2.00 bits per heavy atom. The Hall–Kier alpha value is -3.30. The molecule has 0 bridgehead atoms. The van der Waals surface area contributed by atoms with Crippen LogP contribution in [0.3, 0.4) is 0 Å². The van der Waals surface area contributed by atoms with E-state index in [-0.39, 0.29) is 11.4 Å². The molecule has 9 heteroatoms. The van der Waals surface area contributed by atoms with E-state index in [4.69, 9.17) is 5.41 Å². The van der Waals surface area contributed by atoms with Crippen LogP contribution in [0.1, 0.15) is 22.5 Å². The van der Waals surface area contributed by atoms with Crippen LogP contribution in [-0.4, -0.2) is 36.5 Å². The van der Waals surface area contributed by atoms with Gasteiger partial charge in [0, 0.05) is 39.5 Å². The predicted octanol–water partition coefficient (Wildman–Crippen LogP) is 4.92. The van der Waals surface area contributed by atoms with Crippen LogP contribution < -0.4 is 0 Å². The highest BCUT2D eigenvalue weighted by molar-refractivity contribution is 9.10. The summed E-state index contributed by atoms with van der Waals surface area (Å²) in [6.45, 7) is 4.01. The quantitative estimate of drug-likeness (QED) is 0.512. The van der Waals surface area contributed by atoms with E-state index in [0.29, 0.717) is 10.2 Å². The van der Waals surface area contributed by atoms with E-state index in [0.717, 1.165) is 32.7 Å². The molecule has 0 saturated heterocycles. The number of thioether (sulfide) groups is 1. The summed E-state index contributed by atoms with van der Waals surface area (Å²) in [6.07, 6.45) is 5.11. The second-order valence-corrected chi connectivity index (χ2v) is 9.18. The summed E-state index contributed by atoms with van der Waals surface area (Å²) in [4.78, 5) is 21.1. The van der Waals surface area contributed by atoms with Crippen LogP contribution in [0.4, 0.5) is 0 Å². The molecule has 2 aromatic heterocycles. The predicted molar refractivity (Wildman–Crippen MR) is 131 cm³/mol. The number of aliphatic imine (C=N–C) groups is 1. The molecule has 0 aliphatic carbocycles. The highest BCUT2D eigenvalue weighted by Crippen LogP contribution is 2.31. The second kappa shape index (κ2) is 7.99. The van der Waals surface area contributed by atoms with Crippen molar-refractivity contribution >= 4 is 55.7 Å². The maximum absolute atomic E-state index is 12.8. The number of aryl methyl sites for hydroxylation is 1. The summed E-state index contributed by atoms with van der Waals surface area (Å²) in [5, 5.41) is 15.6. The largest absolute Gasteiger partial charge is 0.318 e. The fourth-order valence-corrected chi connectivity index (χ4v) is 4.97. The van der Waals surface area contributed by atoms with E-state index in [2.05, 4.69) is 35.6 Å². The zero-order chi connectivity index (χ0) is 22.4. The molecule has 0 unspecified atom stereocenters. The number of rotatable bonds is 3. The maximum atomic E-state index is 12.8. The highest BCUT2D eigenvalue weighted by atomic mass is 79.9. The summed E-state index contributed by atoms with van der Waals surface area (Å²) in [5.41, 5.74) is 4.90. The van der Waals surface area contributed by atoms with Gasteiger partial charge in [0.1, 0.15) is 5.04 Å². The Kier molecular flexibility index (Phi) is 5.15. The average Bonchev–Trinajstić information content (AvgIpc) is 3.32. The van der Waals surface area contributed by atoms with Gasteiger partial charge in [0.2, 0.25) is 5.17 Å². The number of fused-ring (bicyclic) bond motifs is 1. The first-order valence-electron chi connectivity index (χ1n) is 9.78. The molecule has 158 valence electrons. The van der Waals surface area contributed by atoms with Gasteiger partial charge in [-0.25, -0.2) is 0 Å². The molecule has 1 aromatic carbocycles. The van der Waals surface area contributed by atoms with Crippen molar-refractivity contribution in [2.24, 2.45) is 10.1 Å². The highest BCUT2D eigenvalue weighted by Gasteiger charge is 2.36. The Balaban J connectivity index is 1.52. The summed E-state index contributed by atoms with van der Waals surface area (Å²) < 4.78 is 3.11. The lowest BCUT2D eigenvalue weighted by molar-refractivity contribution is -0.114. The fraction of sp³-hybridized carbons (Fsp3) is 0.0870. The van der Waals surface area contributed by atoms with Gasteiger partial charge in [0.25, 0.3) is 5.91 Å². The van der Waals surface area contributed by atoms with Crippen LogP contribution in [0.25, 0.3) is 11.8 Å². The summed E-state index contributed by atoms with van der Waals surface area (Å²) in [5.74, 6) is -0.428. The number of hydrogen-bond acceptors (Lipinski definition) is 5. The molecule has 0 radical (unpaired) electrons. The normalized spacial score (nSPS) is 17.0. The van der Waals surface area contributed by atoms with Crippen LogP contribution in [0.15, 0.2) is 75.0 Å². The van der Waals surface area contributed by atoms with E-state index in [1.165, 1.54) is 16.8 Å². The molecule has 0 fully saturated rings. The third kappa shape index (κ3) is 3.53. The Morgan fingerprint density at radius 1 is 1.16 bits per heavy atom. The SMILES string of the molecule is Cc1cc(C=C2C(=N)N3N=C(c4cccnc4)SC3=NC2=O)c(C)n1-c1cccc(Br)c1. The zero-order valence-corrected chi connectivity index (χ0v) is 19.6. The summed E-state index contributed by atoms with van der Waals surface area (Å²) >= 11 is 4.78. The van der Waals surface area contributed by atoms with Crippen molar-refractivity contribution in [1.82, 2.24) is 14.6 Å². The number of nitrogens with zero attached hydrogens (tertiary/aromatic N) is 5. The molecule has 0 saturated carbocycles. The summed E-state index contributed by atoms with van der Waals surface area (Å²) in [6, 6.07) is 13.7. The van der Waals surface area contributed by atoms with Gasteiger partial charge >= 0.3 is 0 Å². The zero-order valence-electron chi connectivity index (χ0n) is 17.2. The molecule has 0 spiro atoms. The molecule has 3 aromatic rings. The maximum Gasteiger partial charge on any atom is 0.283 e. The first kappa shape index (κ1) is 20.6. The molecule has 7 nitrogen and oxygen atoms in total. The van der Waals surface area contributed by atoms with Crippen molar-refractivity contribution in [3.05, 3.63) is 87.4 Å². The minimum absolute atomic E-state index is 0.0126. The van der Waals surface area contributed by atoms with Crippen molar-refractivity contribution in [3.63, 3.8) is 0 Å². The number of hydrazone groups is 1. The first-order chi connectivity index (χ1) is 15.4. The molecule has 1 N–H and O–H groups in total. The van der Waals surface area contributed by atoms with Crippen molar-refractivity contribution in [2.75, 3.05) is 0 Å². The van der Waals surface area contributed by atoms with Crippen LogP contribution in [0.5, 0.6) is 0 Å². The minimum atomic E-state index is -0.441. The van der Waals surface area contributed by atoms with E-state index in [9.17, 15) is 4.79 Å². The Labute approximate surface area is 197 Å². The van der Waals surface area contributed by atoms with Gasteiger partial charge in [-0.05, 0) is 73.6 Å². The molecule has 0 atom stereocenters. The monoisotopic (exact) mass is 504 g/mol. The van der Waals surface area contributed by atoms with E-state index in [1.54, 1.807) is 18.5 Å². The van der Waals surface area contributed by atoms with Crippen molar-refractivity contribution < 1.29 is 4.79 Å². The van der Waals surface area contributed by atoms with E-state index >= 15 is 0 Å². The van der Waals surface area contributed by atoms with Gasteiger partial charge in [-0.15, -0.1) is 0 Å². The number of halogens is 1. The number of benzene rings is 1. The molecule has 2 aliphatic heterocycles. The number of nitrogens with one attached hydrogen (secondary N) is 1. The number of amidine groups is 2. The Morgan fingerprint density at radius 3 is 2.75 bits per heavy atom. The number of aromatic nitrogens is 2. The average molecular weight is 505 g/mol. The number of amides is 1. The molecular formula is C23H17BrN6OS. The number of carbonyl (C=O) groups excluding carboxylic acids is 1. The third-order valence-electron chi connectivity index (χ3n) is 5.20. The van der Waals surface area contributed by atoms with Crippen LogP contribution in [-0.2, 0) is 4.79 Å². The number of carbonyl (C=O) groups is 1. The molecule has 1 amide bonds. The molecular weight excluding hydrogens is 488 g/mol. The molecule has 5 rings (SSSR count). The summed E-state index contributed by atoms with van der Waals surface area (Å²) in [7, 11) is 0. The van der Waals surface area contributed by atoms with Crippen molar-refractivity contribution in [2.45, 2.75) is 13.8 Å². The van der Waals surface area contributed by atoms with Gasteiger partial charge in [-0.2, -0.15) is 15.1 Å². The van der Waals surface area contributed by atoms with Crippen LogP contribution >= 0.6 is 27.7 Å². The van der Waals surface area contributed by atoms with Gasteiger partial charge < -0.3 is 4.57 Å². The lowest BCUT2D eigenvalue weighted by atomic mass is 10.1. The fourth-order valence-electron chi connectivity index (χ4n) is 3.70. The van der Waals surface area contributed by atoms with Crippen LogP contribution in [0.2, 0.25) is 0 Å². The minimum Gasteiger partial charge on any atom is -0.318 e. The topological polar surface area (TPSA) is 86.7 Å². The van der Waals surface area contributed by atoms with Gasteiger partial charge in [-0.3, -0.25) is 15.2 Å². The third-order valence-corrected chi connectivity index (χ3v) is 6.65. The van der Waals surface area contributed by atoms with E-state index < -0.39 is 5.91 Å². The van der Waals surface area contributed by atoms with E-state index in [1.807, 2.05) is 56.3 Å². The van der Waals surface area contributed by atoms with Crippen LogP contribution in [0, 0.1) is 19.3 Å². The standard InChI is InChI=1S/C23H17BrN6OS/c1-13-9-16(14(2)29(13)18-7-3-6-17(24)11-18)10-19-20(25)30-23(27-21(19)31)32-22(28-30)15-5-4-8-26-12-15/h3-12,25H,1-2H3. The number of hydrogen-bond donors (Lipinski definition) is 1.